The summed E-state index contributed by atoms with van der Waals surface area (Å²) in [6.45, 7) is 0. The highest BCUT2D eigenvalue weighted by molar-refractivity contribution is 5.16. The highest BCUT2D eigenvalue weighted by atomic mass is 13.9. The molecule has 14 heavy (non-hydrogen) atoms. The summed E-state index contributed by atoms with van der Waals surface area (Å²) in [7, 11) is 0. The van der Waals surface area contributed by atoms with Gasteiger partial charge in [-0.2, -0.15) is 0 Å². The van der Waals surface area contributed by atoms with Gasteiger partial charge in [0, 0.05) is 0 Å². The van der Waals surface area contributed by atoms with E-state index in [0.717, 1.165) is 19.3 Å². The zero-order valence-electron chi connectivity index (χ0n) is 8.47. The monoisotopic (exact) mass is 185 g/mol. The largest absolute Gasteiger partial charge is 0.0845 e. The second-order valence-corrected chi connectivity index (χ2v) is 3.10. The van der Waals surface area contributed by atoms with E-state index < -0.39 is 0 Å². The maximum atomic E-state index is 2.21. The van der Waals surface area contributed by atoms with Crippen LogP contribution in [0.15, 0.2) is 60.8 Å². The Morgan fingerprint density at radius 2 is 1.14 bits per heavy atom. The summed E-state index contributed by atoms with van der Waals surface area (Å²) in [5, 5.41) is 0. The van der Waals surface area contributed by atoms with Gasteiger partial charge in [0.2, 0.25) is 0 Å². The molecule has 0 aromatic heterocycles. The zero-order chi connectivity index (χ0) is 9.90. The molecule has 0 N–H and O–H groups in total. The van der Waals surface area contributed by atoms with Crippen molar-refractivity contribution in [3.05, 3.63) is 67.2 Å². The van der Waals surface area contributed by atoms with Crippen LogP contribution in [0, 0.1) is 6.42 Å². The quantitative estimate of drug-likeness (QED) is 0.531. The van der Waals surface area contributed by atoms with E-state index >= 15 is 0 Å². The Balaban J connectivity index is 2.46. The van der Waals surface area contributed by atoms with Gasteiger partial charge < -0.3 is 0 Å². The van der Waals surface area contributed by atoms with Crippen molar-refractivity contribution in [2.75, 3.05) is 0 Å². The summed E-state index contributed by atoms with van der Waals surface area (Å²) in [5.74, 6) is 0. The van der Waals surface area contributed by atoms with E-state index in [9.17, 15) is 0 Å². The molecule has 0 heterocycles. The Morgan fingerprint density at radius 3 is 2.00 bits per heavy atom. The maximum absolute atomic E-state index is 2.21. The molecule has 0 aliphatic heterocycles. The molecule has 1 rings (SSSR count). The lowest BCUT2D eigenvalue weighted by Crippen LogP contribution is -1.70. The molecule has 0 aromatic carbocycles. The van der Waals surface area contributed by atoms with Gasteiger partial charge in [-0.15, -0.1) is 0 Å². The van der Waals surface area contributed by atoms with Crippen molar-refractivity contribution in [1.82, 2.24) is 0 Å². The minimum absolute atomic E-state index is 1.01. The van der Waals surface area contributed by atoms with Gasteiger partial charge in [-0.3, -0.25) is 0 Å². The standard InChI is InChI=1S/C14H17/c1-2-4-6-8-10-12-14-13-11-9-7-5-3-1/h1-8,11,13-14H,9-10,12H2/b3-1-,4-2+,7-5+,8-6-,13-11+. The number of allylic oxidation sites excluding steroid dienone is 10. The average Bonchev–Trinajstić information content (AvgIpc) is 2.22. The summed E-state index contributed by atoms with van der Waals surface area (Å²) < 4.78 is 0. The van der Waals surface area contributed by atoms with Gasteiger partial charge >= 0.3 is 0 Å². The number of hydrogen-bond donors (Lipinski definition) is 0. The number of hydrogen-bond acceptors (Lipinski definition) is 0. The summed E-state index contributed by atoms with van der Waals surface area (Å²) in [4.78, 5) is 0. The van der Waals surface area contributed by atoms with Gasteiger partial charge in [0.1, 0.15) is 0 Å². The SMILES string of the molecule is [CH]1/C=C/C/C=C/C=C\C=C\C=C/CC1. The Labute approximate surface area is 87.0 Å². The van der Waals surface area contributed by atoms with Crippen LogP contribution in [0.1, 0.15) is 19.3 Å². The third-order valence-electron chi connectivity index (χ3n) is 1.87. The Kier molecular flexibility index (Phi) is 6.39. The molecule has 1 aliphatic rings. The molecule has 0 spiro atoms. The van der Waals surface area contributed by atoms with Crippen molar-refractivity contribution in [2.24, 2.45) is 0 Å². The van der Waals surface area contributed by atoms with E-state index in [1.807, 2.05) is 18.2 Å². The smallest absolute Gasteiger partial charge is 0.0166 e. The first-order chi connectivity index (χ1) is 7.00. The zero-order valence-corrected chi connectivity index (χ0v) is 8.47. The van der Waals surface area contributed by atoms with Crippen molar-refractivity contribution in [3.63, 3.8) is 0 Å². The molecule has 0 nitrogen and oxygen atoms in total. The van der Waals surface area contributed by atoms with E-state index in [1.54, 1.807) is 0 Å². The topological polar surface area (TPSA) is 0 Å². The van der Waals surface area contributed by atoms with E-state index in [1.165, 1.54) is 0 Å². The summed E-state index contributed by atoms with van der Waals surface area (Å²) in [6.07, 6.45) is 26.5. The highest BCUT2D eigenvalue weighted by Crippen LogP contribution is 1.99. The first-order valence-electron chi connectivity index (χ1n) is 5.13. The molecule has 0 unspecified atom stereocenters. The Hall–Kier alpha value is -1.30. The second-order valence-electron chi connectivity index (χ2n) is 3.10. The molecule has 0 fully saturated rings. The lowest BCUT2D eigenvalue weighted by atomic mass is 10.2. The maximum Gasteiger partial charge on any atom is -0.0166 e. The third kappa shape index (κ3) is 6.24. The molecular formula is C14H17. The van der Waals surface area contributed by atoms with Crippen LogP contribution in [0.2, 0.25) is 0 Å². The van der Waals surface area contributed by atoms with Crippen LogP contribution < -0.4 is 0 Å². The van der Waals surface area contributed by atoms with Crippen molar-refractivity contribution in [2.45, 2.75) is 19.3 Å². The summed E-state index contributed by atoms with van der Waals surface area (Å²) in [6, 6.07) is 0. The van der Waals surface area contributed by atoms with Gasteiger partial charge in [-0.25, -0.2) is 0 Å². The molecule has 0 aromatic rings. The highest BCUT2D eigenvalue weighted by Gasteiger charge is 1.80. The predicted molar refractivity (Wildman–Crippen MR) is 63.9 cm³/mol. The third-order valence-corrected chi connectivity index (χ3v) is 1.87. The van der Waals surface area contributed by atoms with Crippen molar-refractivity contribution in [1.29, 1.82) is 0 Å². The van der Waals surface area contributed by atoms with Crippen LogP contribution in [0.4, 0.5) is 0 Å². The van der Waals surface area contributed by atoms with Crippen LogP contribution in [0.3, 0.4) is 0 Å². The lowest BCUT2D eigenvalue weighted by Gasteiger charge is -1.89. The van der Waals surface area contributed by atoms with Gasteiger partial charge in [-0.1, -0.05) is 60.8 Å². The van der Waals surface area contributed by atoms with E-state index in [2.05, 4.69) is 49.0 Å². The molecular weight excluding hydrogens is 168 g/mol. The van der Waals surface area contributed by atoms with Crippen LogP contribution in [0.25, 0.3) is 0 Å². The summed E-state index contributed by atoms with van der Waals surface area (Å²) in [5.41, 5.74) is 0. The molecule has 0 amide bonds. The molecule has 0 saturated heterocycles. The Morgan fingerprint density at radius 1 is 0.500 bits per heavy atom. The molecule has 0 bridgehead atoms. The normalized spacial score (nSPS) is 29.7. The van der Waals surface area contributed by atoms with Gasteiger partial charge in [0.05, 0.1) is 0 Å². The molecule has 0 atom stereocenters. The lowest BCUT2D eigenvalue weighted by molar-refractivity contribution is 1.00. The van der Waals surface area contributed by atoms with Gasteiger partial charge in [-0.05, 0) is 25.7 Å². The van der Waals surface area contributed by atoms with Crippen LogP contribution in [0.5, 0.6) is 0 Å². The predicted octanol–water partition coefficient (Wildman–Crippen LogP) is 4.16. The first kappa shape index (κ1) is 10.8. The van der Waals surface area contributed by atoms with E-state index in [-0.39, 0.29) is 0 Å². The minimum Gasteiger partial charge on any atom is -0.0845 e. The first-order valence-corrected chi connectivity index (χ1v) is 5.13. The van der Waals surface area contributed by atoms with E-state index in [0.29, 0.717) is 0 Å². The van der Waals surface area contributed by atoms with Crippen molar-refractivity contribution in [3.8, 4) is 0 Å². The number of rotatable bonds is 0. The van der Waals surface area contributed by atoms with Crippen LogP contribution in [-0.4, -0.2) is 0 Å². The molecule has 0 heteroatoms. The molecule has 1 radical (unpaired) electrons. The van der Waals surface area contributed by atoms with Crippen molar-refractivity contribution >= 4 is 0 Å². The second kappa shape index (κ2) is 8.31. The molecule has 0 saturated carbocycles. The summed E-state index contributed by atoms with van der Waals surface area (Å²) >= 11 is 0. The Bertz CT molecular complexity index is 262. The fourth-order valence-corrected chi connectivity index (χ4v) is 1.13. The fraction of sp³-hybridized carbons (Fsp3) is 0.214. The van der Waals surface area contributed by atoms with Gasteiger partial charge in [0.25, 0.3) is 0 Å². The average molecular weight is 185 g/mol. The fourth-order valence-electron chi connectivity index (χ4n) is 1.13. The van der Waals surface area contributed by atoms with E-state index in [4.69, 9.17) is 0 Å². The van der Waals surface area contributed by atoms with Gasteiger partial charge in [0.15, 0.2) is 0 Å². The van der Waals surface area contributed by atoms with Crippen LogP contribution in [-0.2, 0) is 0 Å². The molecule has 1 aliphatic carbocycles. The minimum atomic E-state index is 1.01. The molecule has 73 valence electrons. The van der Waals surface area contributed by atoms with Crippen LogP contribution >= 0.6 is 0 Å². The van der Waals surface area contributed by atoms with Crippen molar-refractivity contribution < 1.29 is 0 Å².